The molecule has 21 heavy (non-hydrogen) atoms. The monoisotopic (exact) mass is 324 g/mol. The maximum atomic E-state index is 12.3. The summed E-state index contributed by atoms with van der Waals surface area (Å²) in [7, 11) is 0. The van der Waals surface area contributed by atoms with Crippen LogP contribution in [0.25, 0.3) is 0 Å². The molecule has 0 spiro atoms. The van der Waals surface area contributed by atoms with Crippen LogP contribution < -0.4 is 10.6 Å². The highest BCUT2D eigenvalue weighted by molar-refractivity contribution is 7.80. The number of thiocarbonyl (C=S) groups is 1. The van der Waals surface area contributed by atoms with Crippen LogP contribution >= 0.6 is 23.8 Å². The Morgan fingerprint density at radius 2 is 1.95 bits per heavy atom. The summed E-state index contributed by atoms with van der Waals surface area (Å²) in [4.78, 5) is 12.3. The molecule has 2 N–H and O–H groups in total. The van der Waals surface area contributed by atoms with E-state index in [1.807, 2.05) is 32.9 Å². The van der Waals surface area contributed by atoms with Gasteiger partial charge >= 0.3 is 5.97 Å². The van der Waals surface area contributed by atoms with Crippen molar-refractivity contribution in [2.45, 2.75) is 32.9 Å². The minimum absolute atomic E-state index is 0.183. The van der Waals surface area contributed by atoms with Crippen molar-refractivity contribution in [3.05, 3.63) is 46.1 Å². The first-order valence-corrected chi connectivity index (χ1v) is 7.42. The topological polar surface area (TPSA) is 50.4 Å². The lowest BCUT2D eigenvalue weighted by Gasteiger charge is -2.30. The fraction of sp³-hybridized carbons (Fsp3) is 0.333. The molecule has 1 atom stereocenters. The van der Waals surface area contributed by atoms with Gasteiger partial charge in [0.15, 0.2) is 5.11 Å². The van der Waals surface area contributed by atoms with Gasteiger partial charge in [-0.1, -0.05) is 23.7 Å². The van der Waals surface area contributed by atoms with Gasteiger partial charge in [0.2, 0.25) is 0 Å². The van der Waals surface area contributed by atoms with Crippen LogP contribution in [-0.2, 0) is 9.53 Å². The Hall–Kier alpha value is -1.59. The van der Waals surface area contributed by atoms with Crippen molar-refractivity contribution in [3.8, 4) is 0 Å². The molecule has 1 aromatic rings. The first-order valence-electron chi connectivity index (χ1n) is 6.63. The third kappa shape index (κ3) is 3.74. The van der Waals surface area contributed by atoms with E-state index in [4.69, 9.17) is 28.6 Å². The van der Waals surface area contributed by atoms with Crippen LogP contribution in [0.5, 0.6) is 0 Å². The molecule has 0 bridgehead atoms. The van der Waals surface area contributed by atoms with Crippen LogP contribution in [0.4, 0.5) is 0 Å². The summed E-state index contributed by atoms with van der Waals surface area (Å²) in [6.45, 7) is 5.45. The Labute approximate surface area is 134 Å². The van der Waals surface area contributed by atoms with Crippen molar-refractivity contribution < 1.29 is 9.53 Å². The first kappa shape index (κ1) is 15.8. The van der Waals surface area contributed by atoms with E-state index in [9.17, 15) is 4.79 Å². The number of ether oxygens (including phenoxy) is 1. The Balaban J connectivity index is 2.40. The maximum Gasteiger partial charge on any atom is 0.338 e. The zero-order valence-electron chi connectivity index (χ0n) is 12.1. The minimum atomic E-state index is -0.357. The molecule has 1 aliphatic heterocycles. The molecule has 1 aliphatic rings. The molecule has 0 saturated heterocycles. The summed E-state index contributed by atoms with van der Waals surface area (Å²) in [6, 6.07) is 6.95. The van der Waals surface area contributed by atoms with Gasteiger partial charge in [0.1, 0.15) is 0 Å². The number of nitrogens with one attached hydrogen (secondary N) is 2. The number of rotatable bonds is 3. The van der Waals surface area contributed by atoms with Crippen molar-refractivity contribution >= 4 is 34.9 Å². The third-order valence-corrected chi connectivity index (χ3v) is 3.51. The molecule has 112 valence electrons. The molecule has 0 amide bonds. The SMILES string of the molecule is CC1=C(C(=O)OC(C)C)C(c2ccc(Cl)cc2)NC(=S)N1. The summed E-state index contributed by atoms with van der Waals surface area (Å²) in [5, 5.41) is 7.19. The predicted molar refractivity (Wildman–Crippen MR) is 87.0 cm³/mol. The van der Waals surface area contributed by atoms with Gasteiger partial charge in [0.05, 0.1) is 17.7 Å². The van der Waals surface area contributed by atoms with Gasteiger partial charge in [-0.2, -0.15) is 0 Å². The Morgan fingerprint density at radius 3 is 2.52 bits per heavy atom. The van der Waals surface area contributed by atoms with E-state index < -0.39 is 0 Å². The molecule has 0 radical (unpaired) electrons. The highest BCUT2D eigenvalue weighted by Crippen LogP contribution is 2.28. The number of hydrogen-bond donors (Lipinski definition) is 2. The highest BCUT2D eigenvalue weighted by atomic mass is 35.5. The molecule has 0 saturated carbocycles. The zero-order chi connectivity index (χ0) is 15.6. The van der Waals surface area contributed by atoms with Crippen molar-refractivity contribution in [1.29, 1.82) is 0 Å². The van der Waals surface area contributed by atoms with E-state index in [0.717, 1.165) is 5.56 Å². The summed E-state index contributed by atoms with van der Waals surface area (Å²) >= 11 is 11.1. The first-order chi connectivity index (χ1) is 9.88. The minimum Gasteiger partial charge on any atom is -0.459 e. The predicted octanol–water partition coefficient (Wildman–Crippen LogP) is 3.08. The van der Waals surface area contributed by atoms with E-state index in [-0.39, 0.29) is 18.1 Å². The van der Waals surface area contributed by atoms with Crippen LogP contribution in [0.15, 0.2) is 35.5 Å². The smallest absolute Gasteiger partial charge is 0.338 e. The van der Waals surface area contributed by atoms with Gasteiger partial charge in [0, 0.05) is 10.7 Å². The molecule has 0 aliphatic carbocycles. The second-order valence-corrected chi connectivity index (χ2v) is 5.92. The Kier molecular flexibility index (Phi) is 4.85. The second kappa shape index (κ2) is 6.45. The van der Waals surface area contributed by atoms with E-state index >= 15 is 0 Å². The largest absolute Gasteiger partial charge is 0.459 e. The third-order valence-electron chi connectivity index (χ3n) is 3.04. The summed E-state index contributed by atoms with van der Waals surface area (Å²) < 4.78 is 5.32. The van der Waals surface area contributed by atoms with Crippen molar-refractivity contribution in [3.63, 3.8) is 0 Å². The highest BCUT2D eigenvalue weighted by Gasteiger charge is 2.31. The van der Waals surface area contributed by atoms with Crippen molar-refractivity contribution in [1.82, 2.24) is 10.6 Å². The molecular weight excluding hydrogens is 308 g/mol. The fourth-order valence-electron chi connectivity index (χ4n) is 2.15. The molecule has 0 fully saturated rings. The lowest BCUT2D eigenvalue weighted by atomic mass is 9.96. The number of carbonyl (C=O) groups is 1. The molecule has 1 heterocycles. The number of esters is 1. The molecule has 0 aromatic heterocycles. The molecule has 1 unspecified atom stereocenters. The average molecular weight is 325 g/mol. The molecule has 2 rings (SSSR count). The quantitative estimate of drug-likeness (QED) is 0.661. The molecule has 4 nitrogen and oxygen atoms in total. The van der Waals surface area contributed by atoms with Gasteiger partial charge in [-0.05, 0) is 50.7 Å². The van der Waals surface area contributed by atoms with Gasteiger partial charge in [-0.15, -0.1) is 0 Å². The normalized spacial score (nSPS) is 18.3. The molecular formula is C15H17ClN2O2S. The average Bonchev–Trinajstić information content (AvgIpc) is 2.37. The lowest BCUT2D eigenvalue weighted by molar-refractivity contribution is -0.143. The number of carbonyl (C=O) groups excluding carboxylic acids is 1. The fourth-order valence-corrected chi connectivity index (χ4v) is 2.54. The van der Waals surface area contributed by atoms with Crippen LogP contribution in [-0.4, -0.2) is 17.2 Å². The van der Waals surface area contributed by atoms with Crippen LogP contribution in [0.1, 0.15) is 32.4 Å². The van der Waals surface area contributed by atoms with Crippen LogP contribution in [0.3, 0.4) is 0 Å². The van der Waals surface area contributed by atoms with E-state index in [1.54, 1.807) is 12.1 Å². The van der Waals surface area contributed by atoms with Crippen LogP contribution in [0.2, 0.25) is 5.02 Å². The number of allylic oxidation sites excluding steroid dienone is 1. The zero-order valence-corrected chi connectivity index (χ0v) is 13.6. The summed E-state index contributed by atoms with van der Waals surface area (Å²) in [5.41, 5.74) is 2.13. The van der Waals surface area contributed by atoms with Crippen LogP contribution in [0, 0.1) is 0 Å². The number of halogens is 1. The van der Waals surface area contributed by atoms with E-state index in [1.165, 1.54) is 0 Å². The maximum absolute atomic E-state index is 12.3. The Bertz CT molecular complexity index is 596. The standard InChI is InChI=1S/C15H17ClN2O2S/c1-8(2)20-14(19)12-9(3)17-15(21)18-13(12)10-4-6-11(16)7-5-10/h4-8,13H,1-3H3,(H2,17,18,21). The van der Waals surface area contributed by atoms with Gasteiger partial charge in [-0.3, -0.25) is 0 Å². The number of benzene rings is 1. The van der Waals surface area contributed by atoms with E-state index in [2.05, 4.69) is 10.6 Å². The Morgan fingerprint density at radius 1 is 1.33 bits per heavy atom. The summed E-state index contributed by atoms with van der Waals surface area (Å²) in [6.07, 6.45) is -0.183. The van der Waals surface area contributed by atoms with Gasteiger partial charge in [0.25, 0.3) is 0 Å². The number of hydrogen-bond acceptors (Lipinski definition) is 3. The van der Waals surface area contributed by atoms with Gasteiger partial charge in [-0.25, -0.2) is 4.79 Å². The van der Waals surface area contributed by atoms with Crippen molar-refractivity contribution in [2.24, 2.45) is 0 Å². The van der Waals surface area contributed by atoms with E-state index in [0.29, 0.717) is 21.4 Å². The molecule has 1 aromatic carbocycles. The van der Waals surface area contributed by atoms with Crippen molar-refractivity contribution in [2.75, 3.05) is 0 Å². The second-order valence-electron chi connectivity index (χ2n) is 5.08. The molecule has 6 heteroatoms. The van der Waals surface area contributed by atoms with Gasteiger partial charge < -0.3 is 15.4 Å². The lowest BCUT2D eigenvalue weighted by Crippen LogP contribution is -2.45. The summed E-state index contributed by atoms with van der Waals surface area (Å²) in [5.74, 6) is -0.357.